The molecule has 1 heterocycles. The molecule has 0 amide bonds. The van der Waals surface area contributed by atoms with Crippen molar-refractivity contribution in [2.75, 3.05) is 13.2 Å². The summed E-state index contributed by atoms with van der Waals surface area (Å²) in [6.45, 7) is 5.79. The lowest BCUT2D eigenvalue weighted by Crippen LogP contribution is -2.22. The van der Waals surface area contributed by atoms with Gasteiger partial charge in [-0.3, -0.25) is 4.68 Å². The molecule has 0 spiro atoms. The van der Waals surface area contributed by atoms with Crippen molar-refractivity contribution in [3.8, 4) is 5.75 Å². The topological polar surface area (TPSA) is 39.1 Å². The lowest BCUT2D eigenvalue weighted by Gasteiger charge is -2.18. The Labute approximate surface area is 120 Å². The molecule has 2 rings (SSSR count). The second kappa shape index (κ2) is 7.10. The van der Waals surface area contributed by atoms with Gasteiger partial charge in [0, 0.05) is 43.5 Å². The van der Waals surface area contributed by atoms with Gasteiger partial charge in [0.25, 0.3) is 0 Å². The van der Waals surface area contributed by atoms with Crippen LogP contribution in [0.15, 0.2) is 36.5 Å². The van der Waals surface area contributed by atoms with E-state index in [4.69, 9.17) is 4.74 Å². The van der Waals surface area contributed by atoms with E-state index in [9.17, 15) is 0 Å². The van der Waals surface area contributed by atoms with E-state index < -0.39 is 0 Å². The van der Waals surface area contributed by atoms with Crippen LogP contribution in [0.2, 0.25) is 0 Å². The third-order valence-electron chi connectivity index (χ3n) is 3.44. The van der Waals surface area contributed by atoms with Crippen molar-refractivity contribution in [2.45, 2.75) is 26.3 Å². The maximum Gasteiger partial charge on any atom is 0.124 e. The van der Waals surface area contributed by atoms with Gasteiger partial charge in [0.05, 0.1) is 6.61 Å². The number of hydrogen-bond acceptors (Lipinski definition) is 3. The van der Waals surface area contributed by atoms with Crippen molar-refractivity contribution in [3.05, 3.63) is 47.8 Å². The second-order valence-corrected chi connectivity index (χ2v) is 4.84. The van der Waals surface area contributed by atoms with Crippen molar-refractivity contribution in [3.63, 3.8) is 0 Å². The van der Waals surface area contributed by atoms with Gasteiger partial charge in [-0.2, -0.15) is 5.10 Å². The van der Waals surface area contributed by atoms with Crippen LogP contribution in [0.5, 0.6) is 5.75 Å². The summed E-state index contributed by atoms with van der Waals surface area (Å²) in [6, 6.07) is 10.5. The predicted octanol–water partition coefficient (Wildman–Crippen LogP) is 2.71. The van der Waals surface area contributed by atoms with Crippen molar-refractivity contribution in [1.82, 2.24) is 15.1 Å². The van der Waals surface area contributed by atoms with Crippen LogP contribution in [0.3, 0.4) is 0 Å². The summed E-state index contributed by atoms with van der Waals surface area (Å²) >= 11 is 0. The maximum atomic E-state index is 5.68. The van der Waals surface area contributed by atoms with E-state index in [2.05, 4.69) is 35.5 Å². The molecule has 1 aromatic carbocycles. The lowest BCUT2D eigenvalue weighted by atomic mass is 10.1. The van der Waals surface area contributed by atoms with Crippen molar-refractivity contribution < 1.29 is 4.74 Å². The summed E-state index contributed by atoms with van der Waals surface area (Å²) < 4.78 is 7.59. The first kappa shape index (κ1) is 14.6. The van der Waals surface area contributed by atoms with E-state index in [0.717, 1.165) is 18.7 Å². The molecule has 4 nitrogen and oxygen atoms in total. The summed E-state index contributed by atoms with van der Waals surface area (Å²) in [6.07, 6.45) is 2.81. The Hall–Kier alpha value is -1.81. The first-order valence-electron chi connectivity index (χ1n) is 7.14. The van der Waals surface area contributed by atoms with E-state index in [1.54, 1.807) is 0 Å². The average molecular weight is 273 g/mol. The zero-order valence-electron chi connectivity index (χ0n) is 12.5. The highest BCUT2D eigenvalue weighted by atomic mass is 16.5. The summed E-state index contributed by atoms with van der Waals surface area (Å²) in [5, 5.41) is 7.72. The quantitative estimate of drug-likeness (QED) is 0.843. The molecular formula is C16H23N3O. The molecule has 4 heteroatoms. The largest absolute Gasteiger partial charge is 0.494 e. The number of rotatable bonds is 7. The Morgan fingerprint density at radius 2 is 2.10 bits per heavy atom. The highest BCUT2D eigenvalue weighted by molar-refractivity contribution is 5.35. The standard InChI is InChI=1S/C16H23N3O/c1-4-20-16-8-6-5-7-15(16)13(2)17-11-9-14-10-12-18-19(14)3/h5-8,10,12-13,17H,4,9,11H2,1-3H3. The average Bonchev–Trinajstić information content (AvgIpc) is 2.85. The van der Waals surface area contributed by atoms with Gasteiger partial charge in [-0.05, 0) is 26.0 Å². The molecule has 20 heavy (non-hydrogen) atoms. The van der Waals surface area contributed by atoms with Gasteiger partial charge in [-0.15, -0.1) is 0 Å². The molecule has 0 fully saturated rings. The van der Waals surface area contributed by atoms with E-state index in [0.29, 0.717) is 6.61 Å². The molecule has 1 unspecified atom stereocenters. The highest BCUT2D eigenvalue weighted by Crippen LogP contribution is 2.24. The number of nitrogens with one attached hydrogen (secondary N) is 1. The Morgan fingerprint density at radius 1 is 1.30 bits per heavy atom. The van der Waals surface area contributed by atoms with Gasteiger partial charge in [-0.25, -0.2) is 0 Å². The van der Waals surface area contributed by atoms with Gasteiger partial charge in [0.15, 0.2) is 0 Å². The molecule has 0 saturated heterocycles. The Morgan fingerprint density at radius 3 is 2.80 bits per heavy atom. The van der Waals surface area contributed by atoms with E-state index in [1.807, 2.05) is 37.0 Å². The molecule has 0 aliphatic rings. The number of aromatic nitrogens is 2. The molecule has 108 valence electrons. The number of nitrogens with zero attached hydrogens (tertiary/aromatic N) is 2. The Bertz CT molecular complexity index is 536. The zero-order valence-corrected chi connectivity index (χ0v) is 12.5. The van der Waals surface area contributed by atoms with Crippen LogP contribution < -0.4 is 10.1 Å². The van der Waals surface area contributed by atoms with Gasteiger partial charge in [0.2, 0.25) is 0 Å². The second-order valence-electron chi connectivity index (χ2n) is 4.84. The smallest absolute Gasteiger partial charge is 0.124 e. The third kappa shape index (κ3) is 3.61. The first-order chi connectivity index (χ1) is 9.72. The molecule has 2 aromatic rings. The summed E-state index contributed by atoms with van der Waals surface area (Å²) in [7, 11) is 1.98. The van der Waals surface area contributed by atoms with Gasteiger partial charge in [0.1, 0.15) is 5.75 Å². The molecular weight excluding hydrogens is 250 g/mol. The monoisotopic (exact) mass is 273 g/mol. The molecule has 0 aliphatic carbocycles. The van der Waals surface area contributed by atoms with Crippen molar-refractivity contribution >= 4 is 0 Å². The first-order valence-corrected chi connectivity index (χ1v) is 7.14. The van der Waals surface area contributed by atoms with Crippen LogP contribution in [0.4, 0.5) is 0 Å². The van der Waals surface area contributed by atoms with Gasteiger partial charge < -0.3 is 10.1 Å². The van der Waals surface area contributed by atoms with Gasteiger partial charge >= 0.3 is 0 Å². The normalized spacial score (nSPS) is 12.3. The molecule has 1 atom stereocenters. The van der Waals surface area contributed by atoms with Crippen molar-refractivity contribution in [2.24, 2.45) is 7.05 Å². The minimum Gasteiger partial charge on any atom is -0.494 e. The van der Waals surface area contributed by atoms with Gasteiger partial charge in [-0.1, -0.05) is 18.2 Å². The molecule has 1 N–H and O–H groups in total. The number of benzene rings is 1. The van der Waals surface area contributed by atoms with E-state index in [1.165, 1.54) is 11.3 Å². The summed E-state index contributed by atoms with van der Waals surface area (Å²) in [5.41, 5.74) is 2.45. The Kier molecular flexibility index (Phi) is 5.18. The predicted molar refractivity (Wildman–Crippen MR) is 80.9 cm³/mol. The van der Waals surface area contributed by atoms with Crippen LogP contribution in [-0.4, -0.2) is 22.9 Å². The van der Waals surface area contributed by atoms with Crippen LogP contribution >= 0.6 is 0 Å². The molecule has 1 aromatic heterocycles. The zero-order chi connectivity index (χ0) is 14.4. The highest BCUT2D eigenvalue weighted by Gasteiger charge is 2.10. The summed E-state index contributed by atoms with van der Waals surface area (Å²) in [4.78, 5) is 0. The SMILES string of the molecule is CCOc1ccccc1C(C)NCCc1ccnn1C. The molecule has 0 radical (unpaired) electrons. The Balaban J connectivity index is 1.91. The van der Waals surface area contributed by atoms with Crippen LogP contribution in [0.1, 0.15) is 31.1 Å². The lowest BCUT2D eigenvalue weighted by molar-refractivity contribution is 0.332. The van der Waals surface area contributed by atoms with E-state index in [-0.39, 0.29) is 6.04 Å². The number of para-hydroxylation sites is 1. The fourth-order valence-corrected chi connectivity index (χ4v) is 2.30. The van der Waals surface area contributed by atoms with Crippen LogP contribution in [0, 0.1) is 0 Å². The molecule has 0 aliphatic heterocycles. The van der Waals surface area contributed by atoms with Crippen LogP contribution in [0.25, 0.3) is 0 Å². The van der Waals surface area contributed by atoms with E-state index >= 15 is 0 Å². The number of aryl methyl sites for hydroxylation is 1. The molecule has 0 bridgehead atoms. The number of hydrogen-bond donors (Lipinski definition) is 1. The molecule has 0 saturated carbocycles. The minimum absolute atomic E-state index is 0.269. The fourth-order valence-electron chi connectivity index (χ4n) is 2.30. The fraction of sp³-hybridized carbons (Fsp3) is 0.438. The number of ether oxygens (including phenoxy) is 1. The summed E-state index contributed by atoms with van der Waals surface area (Å²) in [5.74, 6) is 0.968. The third-order valence-corrected chi connectivity index (χ3v) is 3.44. The minimum atomic E-state index is 0.269. The van der Waals surface area contributed by atoms with Crippen molar-refractivity contribution in [1.29, 1.82) is 0 Å². The van der Waals surface area contributed by atoms with Crippen LogP contribution in [-0.2, 0) is 13.5 Å². The maximum absolute atomic E-state index is 5.68.